The van der Waals surface area contributed by atoms with Crippen molar-refractivity contribution in [2.45, 2.75) is 34.6 Å². The Hall–Kier alpha value is -2.49. The van der Waals surface area contributed by atoms with Crippen LogP contribution in [0.2, 0.25) is 0 Å². The van der Waals surface area contributed by atoms with Gasteiger partial charge < -0.3 is 4.74 Å². The Kier molecular flexibility index (Phi) is 7.49. The van der Waals surface area contributed by atoms with Gasteiger partial charge in [0, 0.05) is 11.6 Å². The zero-order valence-corrected chi connectivity index (χ0v) is 15.4. The molecule has 0 fully saturated rings. The molecule has 0 aromatic heterocycles. The van der Waals surface area contributed by atoms with Crippen LogP contribution in [-0.4, -0.2) is 12.6 Å². The lowest BCUT2D eigenvalue weighted by atomic mass is 9.91. The van der Waals surface area contributed by atoms with E-state index in [-0.39, 0.29) is 12.2 Å². The molecule has 0 aliphatic heterocycles. The van der Waals surface area contributed by atoms with Crippen LogP contribution in [0.1, 0.15) is 36.1 Å². The van der Waals surface area contributed by atoms with Gasteiger partial charge in [0.2, 0.25) is 0 Å². The van der Waals surface area contributed by atoms with Gasteiger partial charge in [-0.2, -0.15) is 0 Å². The van der Waals surface area contributed by atoms with Crippen LogP contribution in [0.3, 0.4) is 0 Å². The van der Waals surface area contributed by atoms with Crippen LogP contribution in [0.25, 0.3) is 5.57 Å². The summed E-state index contributed by atoms with van der Waals surface area (Å²) in [5.74, 6) is -2.91. The average Bonchev–Trinajstić information content (AvgIpc) is 2.49. The van der Waals surface area contributed by atoms with Crippen LogP contribution in [0, 0.1) is 20.8 Å². The lowest BCUT2D eigenvalue weighted by molar-refractivity contribution is -0.137. The number of aryl methyl sites for hydroxylation is 3. The summed E-state index contributed by atoms with van der Waals surface area (Å²) in [6, 6.07) is 3.82. The quantitative estimate of drug-likeness (QED) is 0.367. The number of hydrogen-bond donors (Lipinski definition) is 0. The molecular formula is C21H24F2O2. The summed E-state index contributed by atoms with van der Waals surface area (Å²) < 4.78 is 33.7. The number of esters is 1. The number of ether oxygens (including phenoxy) is 1. The SMILES string of the molecule is C=C(C)\C=C(/C(F)=C(F)/C=C\C(=O)OCC)c1c(C)cc(C)cc1C. The minimum Gasteiger partial charge on any atom is -0.463 e. The van der Waals surface area contributed by atoms with E-state index in [9.17, 15) is 13.6 Å². The van der Waals surface area contributed by atoms with Crippen molar-refractivity contribution < 1.29 is 18.3 Å². The van der Waals surface area contributed by atoms with Gasteiger partial charge in [0.15, 0.2) is 11.7 Å². The number of carbonyl (C=O) groups is 1. The lowest BCUT2D eigenvalue weighted by Crippen LogP contribution is -1.99. The highest BCUT2D eigenvalue weighted by molar-refractivity contribution is 5.85. The number of allylic oxidation sites excluding steroid dienone is 6. The topological polar surface area (TPSA) is 26.3 Å². The first-order valence-electron chi connectivity index (χ1n) is 8.03. The molecule has 0 aliphatic rings. The van der Waals surface area contributed by atoms with E-state index in [4.69, 9.17) is 0 Å². The van der Waals surface area contributed by atoms with E-state index in [0.717, 1.165) is 28.8 Å². The Labute approximate surface area is 148 Å². The molecule has 0 saturated heterocycles. The van der Waals surface area contributed by atoms with Gasteiger partial charge in [-0.15, -0.1) is 0 Å². The predicted molar refractivity (Wildman–Crippen MR) is 98.5 cm³/mol. The highest BCUT2D eigenvalue weighted by Crippen LogP contribution is 2.33. The molecule has 0 N–H and O–H groups in total. The second-order valence-electron chi connectivity index (χ2n) is 5.93. The number of carbonyl (C=O) groups excluding carboxylic acids is 1. The molecule has 1 aromatic rings. The molecule has 0 bridgehead atoms. The highest BCUT2D eigenvalue weighted by Gasteiger charge is 2.17. The molecule has 0 atom stereocenters. The van der Waals surface area contributed by atoms with Crippen molar-refractivity contribution in [1.82, 2.24) is 0 Å². The lowest BCUT2D eigenvalue weighted by Gasteiger charge is -2.14. The van der Waals surface area contributed by atoms with Crippen molar-refractivity contribution in [3.8, 4) is 0 Å². The van der Waals surface area contributed by atoms with E-state index in [0.29, 0.717) is 11.1 Å². The predicted octanol–water partition coefficient (Wildman–Crippen LogP) is 5.84. The van der Waals surface area contributed by atoms with Crippen molar-refractivity contribution in [3.63, 3.8) is 0 Å². The molecule has 0 amide bonds. The summed E-state index contributed by atoms with van der Waals surface area (Å²) in [5.41, 5.74) is 4.02. The maximum Gasteiger partial charge on any atom is 0.330 e. The van der Waals surface area contributed by atoms with E-state index < -0.39 is 17.6 Å². The summed E-state index contributed by atoms with van der Waals surface area (Å²) >= 11 is 0. The molecule has 0 radical (unpaired) electrons. The summed E-state index contributed by atoms with van der Waals surface area (Å²) in [5, 5.41) is 0. The van der Waals surface area contributed by atoms with Crippen molar-refractivity contribution in [2.24, 2.45) is 0 Å². The number of hydrogen-bond acceptors (Lipinski definition) is 2. The Balaban J connectivity index is 3.45. The standard InChI is InChI=1S/C21H24F2O2/c1-7-25-19(24)9-8-18(22)21(23)17(10-13(2)3)20-15(5)11-14(4)12-16(20)6/h8-12H,2,7H2,1,3-6H3/b9-8-,17-10-,21-18+. The molecule has 1 rings (SSSR count). The van der Waals surface area contributed by atoms with Crippen molar-refractivity contribution in [1.29, 1.82) is 0 Å². The summed E-state index contributed by atoms with van der Waals surface area (Å²) in [7, 11) is 0. The van der Waals surface area contributed by atoms with E-state index in [1.165, 1.54) is 6.08 Å². The molecule has 2 nitrogen and oxygen atoms in total. The Morgan fingerprint density at radius 2 is 1.72 bits per heavy atom. The molecule has 0 saturated carbocycles. The monoisotopic (exact) mass is 346 g/mol. The van der Waals surface area contributed by atoms with Gasteiger partial charge in [-0.25, -0.2) is 13.6 Å². The van der Waals surface area contributed by atoms with Gasteiger partial charge >= 0.3 is 5.97 Å². The second kappa shape index (κ2) is 9.11. The van der Waals surface area contributed by atoms with E-state index in [2.05, 4.69) is 11.3 Å². The van der Waals surface area contributed by atoms with Crippen LogP contribution < -0.4 is 0 Å². The Morgan fingerprint density at radius 1 is 1.16 bits per heavy atom. The van der Waals surface area contributed by atoms with Crippen molar-refractivity contribution in [2.75, 3.05) is 6.61 Å². The van der Waals surface area contributed by atoms with Crippen molar-refractivity contribution in [3.05, 3.63) is 76.4 Å². The fourth-order valence-electron chi connectivity index (χ4n) is 2.63. The first-order chi connectivity index (χ1) is 11.7. The summed E-state index contributed by atoms with van der Waals surface area (Å²) in [6.45, 7) is 12.9. The van der Waals surface area contributed by atoms with Crippen molar-refractivity contribution >= 4 is 11.5 Å². The molecule has 0 aliphatic carbocycles. The number of benzene rings is 1. The third-order valence-electron chi connectivity index (χ3n) is 3.44. The average molecular weight is 346 g/mol. The van der Waals surface area contributed by atoms with Gasteiger partial charge in [-0.05, 0) is 63.5 Å². The minimum atomic E-state index is -1.14. The van der Waals surface area contributed by atoms with E-state index in [1.54, 1.807) is 13.8 Å². The Morgan fingerprint density at radius 3 is 2.20 bits per heavy atom. The van der Waals surface area contributed by atoms with Crippen LogP contribution in [0.5, 0.6) is 0 Å². The van der Waals surface area contributed by atoms with Gasteiger partial charge in [-0.3, -0.25) is 0 Å². The summed E-state index contributed by atoms with van der Waals surface area (Å²) in [6.07, 6.45) is 3.14. The maximum atomic E-state index is 14.8. The summed E-state index contributed by atoms with van der Waals surface area (Å²) in [4.78, 5) is 11.3. The largest absolute Gasteiger partial charge is 0.463 e. The molecule has 0 unspecified atom stereocenters. The highest BCUT2D eigenvalue weighted by atomic mass is 19.2. The first kappa shape index (κ1) is 20.6. The maximum absolute atomic E-state index is 14.8. The minimum absolute atomic E-state index is 0.105. The first-order valence-corrected chi connectivity index (χ1v) is 8.03. The molecule has 0 heterocycles. The van der Waals surface area contributed by atoms with Gasteiger partial charge in [0.1, 0.15) is 0 Å². The fourth-order valence-corrected chi connectivity index (χ4v) is 2.63. The smallest absolute Gasteiger partial charge is 0.330 e. The Bertz CT molecular complexity index is 745. The van der Waals surface area contributed by atoms with Gasteiger partial charge in [0.25, 0.3) is 0 Å². The van der Waals surface area contributed by atoms with E-state index in [1.807, 2.05) is 32.9 Å². The zero-order valence-electron chi connectivity index (χ0n) is 15.4. The molecule has 25 heavy (non-hydrogen) atoms. The third kappa shape index (κ3) is 5.82. The van der Waals surface area contributed by atoms with Crippen LogP contribution in [0.4, 0.5) is 8.78 Å². The van der Waals surface area contributed by atoms with Crippen LogP contribution in [-0.2, 0) is 9.53 Å². The molecule has 0 spiro atoms. The molecular weight excluding hydrogens is 322 g/mol. The molecule has 134 valence electrons. The number of rotatable bonds is 6. The third-order valence-corrected chi connectivity index (χ3v) is 3.44. The van der Waals surface area contributed by atoms with Crippen LogP contribution >= 0.6 is 0 Å². The van der Waals surface area contributed by atoms with Crippen LogP contribution in [0.15, 0.2) is 54.2 Å². The normalized spacial score (nSPS) is 13.0. The van der Waals surface area contributed by atoms with Gasteiger partial charge in [-0.1, -0.05) is 29.8 Å². The van der Waals surface area contributed by atoms with E-state index >= 15 is 0 Å². The number of halogens is 2. The zero-order chi connectivity index (χ0) is 19.1. The molecule has 4 heteroatoms. The fraction of sp³-hybridized carbons (Fsp3) is 0.286. The van der Waals surface area contributed by atoms with Gasteiger partial charge in [0.05, 0.1) is 6.61 Å². The molecule has 1 aromatic carbocycles. The second-order valence-corrected chi connectivity index (χ2v) is 5.93.